The molecule has 304 valence electrons. The Labute approximate surface area is 357 Å². The number of ether oxygens (including phenoxy) is 2. The van der Waals surface area contributed by atoms with Crippen LogP contribution in [-0.4, -0.2) is 13.2 Å². The highest BCUT2D eigenvalue weighted by atomic mass is 16.5. The smallest absolute Gasteiger partial charge is 0.182 e. The number of hydrogen-bond donors (Lipinski definition) is 0. The molecule has 0 spiro atoms. The molecule has 8 aliphatic rings. The molecule has 0 saturated heterocycles. The Morgan fingerprint density at radius 1 is 0.467 bits per heavy atom. The van der Waals surface area contributed by atoms with Gasteiger partial charge in [-0.2, -0.15) is 0 Å². The molecule has 6 heteroatoms. The van der Waals surface area contributed by atoms with Crippen LogP contribution in [-0.2, 0) is 38.0 Å². The van der Waals surface area contributed by atoms with E-state index in [0.717, 1.165) is 50.5 Å². The van der Waals surface area contributed by atoms with Crippen molar-refractivity contribution in [2.45, 2.75) is 91.4 Å². The lowest BCUT2D eigenvalue weighted by Crippen LogP contribution is -2.36. The summed E-state index contributed by atoms with van der Waals surface area (Å²) in [5.74, 6) is 1.77. The van der Waals surface area contributed by atoms with Gasteiger partial charge in [-0.25, -0.2) is 18.3 Å². The number of aryl methyl sites for hydroxylation is 1. The second-order valence-electron chi connectivity index (χ2n) is 17.3. The number of unbranched alkanes of at least 4 members (excludes halogenated alkanes) is 3. The van der Waals surface area contributed by atoms with E-state index in [2.05, 4.69) is 205 Å². The quantitative estimate of drug-likeness (QED) is 0.124. The number of pyridine rings is 4. The third-order valence-corrected chi connectivity index (χ3v) is 11.7. The Balaban J connectivity index is 1.08. The van der Waals surface area contributed by atoms with Crippen molar-refractivity contribution >= 4 is 0 Å². The highest BCUT2D eigenvalue weighted by Crippen LogP contribution is 2.29. The summed E-state index contributed by atoms with van der Waals surface area (Å²) in [4.78, 5) is 0. The number of nitrogens with zero attached hydrogens (tertiary/aromatic N) is 4. The average Bonchev–Trinajstić information content (AvgIpc) is 3.26. The first-order valence-corrected chi connectivity index (χ1v) is 21.9. The van der Waals surface area contributed by atoms with Crippen LogP contribution in [0.3, 0.4) is 0 Å². The normalized spacial score (nSPS) is 13.2. The number of aromatic nitrogens is 4. The van der Waals surface area contributed by atoms with Gasteiger partial charge in [0.25, 0.3) is 0 Å². The lowest BCUT2D eigenvalue weighted by molar-refractivity contribution is -0.697. The van der Waals surface area contributed by atoms with E-state index in [1.165, 1.54) is 74.9 Å². The first-order valence-electron chi connectivity index (χ1n) is 21.9. The zero-order valence-corrected chi connectivity index (χ0v) is 35.9. The van der Waals surface area contributed by atoms with Crippen LogP contribution >= 0.6 is 0 Å². The third kappa shape index (κ3) is 10.5. The molecule has 12 heterocycles. The Hall–Kier alpha value is -6.14. The van der Waals surface area contributed by atoms with E-state index >= 15 is 0 Å². The molecule has 4 aromatic heterocycles. The van der Waals surface area contributed by atoms with Crippen molar-refractivity contribution in [3.63, 3.8) is 0 Å². The van der Waals surface area contributed by atoms with E-state index in [4.69, 9.17) is 9.47 Å². The topological polar surface area (TPSA) is 34.0 Å². The summed E-state index contributed by atoms with van der Waals surface area (Å²) in [6.07, 6.45) is 23.3. The molecule has 0 N–H and O–H groups in total. The van der Waals surface area contributed by atoms with Crippen LogP contribution in [0.5, 0.6) is 11.5 Å². The van der Waals surface area contributed by atoms with Crippen LogP contribution in [0.1, 0.15) is 75.6 Å². The molecule has 8 aliphatic heterocycles. The van der Waals surface area contributed by atoms with Crippen molar-refractivity contribution in [3.8, 4) is 44.9 Å². The van der Waals surface area contributed by atoms with E-state index in [1.807, 2.05) is 0 Å². The molecule has 3 aromatic carbocycles. The van der Waals surface area contributed by atoms with Gasteiger partial charge in [0.05, 0.1) is 0 Å². The minimum absolute atomic E-state index is 0.111. The fourth-order valence-electron chi connectivity index (χ4n) is 8.04. The minimum Gasteiger partial charge on any atom is -0.487 e. The van der Waals surface area contributed by atoms with Crippen molar-refractivity contribution in [1.82, 2.24) is 0 Å². The van der Waals surface area contributed by atoms with Crippen molar-refractivity contribution in [2.24, 2.45) is 0 Å². The Morgan fingerprint density at radius 3 is 1.45 bits per heavy atom. The Kier molecular flexibility index (Phi) is 12.8. The van der Waals surface area contributed by atoms with Gasteiger partial charge in [-0.3, -0.25) is 0 Å². The van der Waals surface area contributed by atoms with Crippen molar-refractivity contribution < 1.29 is 27.7 Å². The molecule has 15 rings (SSSR count). The fraction of sp³-hybridized carbons (Fsp3) is 0.296. The SMILES string of the molecule is CCCCCCc1ccc2cc1OCC[n+]1ccc(cc1)-c1cc[n+](cc1)Cc1cc(cc(-c3ccc(C(C)(C)C)cc3)c1)C[n+]1ccc(cc1)-c1cc[n+](cc1)CCO2. The summed E-state index contributed by atoms with van der Waals surface area (Å²) in [5, 5.41) is 0. The summed E-state index contributed by atoms with van der Waals surface area (Å²) >= 11 is 0. The lowest BCUT2D eigenvalue weighted by atomic mass is 9.86. The van der Waals surface area contributed by atoms with E-state index in [-0.39, 0.29) is 5.41 Å². The highest BCUT2D eigenvalue weighted by molar-refractivity contribution is 5.66. The van der Waals surface area contributed by atoms with Crippen LogP contribution in [0, 0.1) is 0 Å². The van der Waals surface area contributed by atoms with Crippen LogP contribution < -0.4 is 27.7 Å². The molecule has 0 aliphatic carbocycles. The molecule has 7 aromatic rings. The van der Waals surface area contributed by atoms with E-state index in [9.17, 15) is 0 Å². The lowest BCUT2D eigenvalue weighted by Gasteiger charge is -2.19. The maximum atomic E-state index is 6.49. The van der Waals surface area contributed by atoms with Gasteiger partial charge in [0.15, 0.2) is 75.8 Å². The van der Waals surface area contributed by atoms with Crippen LogP contribution in [0.2, 0.25) is 0 Å². The van der Waals surface area contributed by atoms with Gasteiger partial charge >= 0.3 is 0 Å². The summed E-state index contributed by atoms with van der Waals surface area (Å²) in [6.45, 7) is 13.3. The van der Waals surface area contributed by atoms with Gasteiger partial charge in [-0.1, -0.05) is 77.3 Å². The van der Waals surface area contributed by atoms with Gasteiger partial charge in [-0.15, -0.1) is 0 Å². The summed E-state index contributed by atoms with van der Waals surface area (Å²) < 4.78 is 21.7. The van der Waals surface area contributed by atoms with E-state index in [0.29, 0.717) is 13.2 Å². The van der Waals surface area contributed by atoms with Crippen molar-refractivity contribution in [3.05, 3.63) is 181 Å². The predicted octanol–water partition coefficient (Wildman–Crippen LogP) is 9.83. The van der Waals surface area contributed by atoms with Gasteiger partial charge in [0, 0.05) is 65.7 Å². The average molecular weight is 797 g/mol. The largest absolute Gasteiger partial charge is 0.487 e. The summed E-state index contributed by atoms with van der Waals surface area (Å²) in [6, 6.07) is 40.2. The molecule has 0 atom stereocenters. The van der Waals surface area contributed by atoms with Crippen molar-refractivity contribution in [2.75, 3.05) is 13.2 Å². The maximum absolute atomic E-state index is 6.49. The molecule has 12 bridgehead atoms. The van der Waals surface area contributed by atoms with E-state index in [1.54, 1.807) is 0 Å². The monoisotopic (exact) mass is 796 g/mol. The van der Waals surface area contributed by atoms with E-state index < -0.39 is 0 Å². The first-order chi connectivity index (χ1) is 29.3. The number of rotatable bonds is 6. The fourth-order valence-corrected chi connectivity index (χ4v) is 8.04. The van der Waals surface area contributed by atoms with Gasteiger partial charge < -0.3 is 9.47 Å². The molecular weight excluding hydrogens is 737 g/mol. The number of hydrogen-bond acceptors (Lipinski definition) is 2. The van der Waals surface area contributed by atoms with Crippen LogP contribution in [0.15, 0.2) is 159 Å². The van der Waals surface area contributed by atoms with Crippen LogP contribution in [0.4, 0.5) is 0 Å². The summed E-state index contributed by atoms with van der Waals surface area (Å²) in [5.41, 5.74) is 12.5. The maximum Gasteiger partial charge on any atom is 0.182 e. The molecule has 0 unspecified atom stereocenters. The predicted molar refractivity (Wildman–Crippen MR) is 239 cm³/mol. The highest BCUT2D eigenvalue weighted by Gasteiger charge is 2.16. The first kappa shape index (κ1) is 40.6. The molecule has 60 heavy (non-hydrogen) atoms. The molecule has 6 nitrogen and oxygen atoms in total. The second kappa shape index (κ2) is 18.8. The molecular formula is C54H60N4O2+4. The Bertz CT molecular complexity index is 2470. The van der Waals surface area contributed by atoms with Gasteiger partial charge in [0.2, 0.25) is 0 Å². The van der Waals surface area contributed by atoms with Crippen LogP contribution in [0.25, 0.3) is 33.4 Å². The van der Waals surface area contributed by atoms with Gasteiger partial charge in [0.1, 0.15) is 24.7 Å². The minimum atomic E-state index is 0.111. The summed E-state index contributed by atoms with van der Waals surface area (Å²) in [7, 11) is 0. The molecule has 0 fully saturated rings. The van der Waals surface area contributed by atoms with Gasteiger partial charge in [-0.05, 0) is 87.0 Å². The molecule has 0 radical (unpaired) electrons. The Morgan fingerprint density at radius 2 is 0.950 bits per heavy atom. The standard InChI is InChI=1S/C54H60N4O2/c1-5-6-7-8-9-49-12-15-52-39-53(49)60-35-33-56-26-18-46(19-27-56)48-22-30-58(31-23-48)41-43-36-42(37-50(38-43)44-10-13-51(14-11-44)54(2,3)4)40-57-28-20-47(21-29-57)45-16-24-55(25-17-45)32-34-59-52/h10-31,36-39H,5-9,32-35,40-41H2,1-4H3/q+4. The third-order valence-electron chi connectivity index (χ3n) is 11.7. The zero-order chi connectivity index (χ0) is 41.3. The zero-order valence-electron chi connectivity index (χ0n) is 35.9. The second-order valence-corrected chi connectivity index (χ2v) is 17.3. The number of benzene rings is 3. The molecule has 0 amide bonds. The molecule has 0 saturated carbocycles. The van der Waals surface area contributed by atoms with Crippen molar-refractivity contribution in [1.29, 1.82) is 0 Å².